The first-order chi connectivity index (χ1) is 11.3. The Kier molecular flexibility index (Phi) is 6.64. The van der Waals surface area contributed by atoms with E-state index in [0.717, 1.165) is 6.07 Å². The van der Waals surface area contributed by atoms with E-state index in [1.54, 1.807) is 0 Å². The van der Waals surface area contributed by atoms with E-state index in [4.69, 9.17) is 5.11 Å². The summed E-state index contributed by atoms with van der Waals surface area (Å²) in [7, 11) is 0. The maximum absolute atomic E-state index is 13.2. The molecule has 0 fully saturated rings. The number of carboxylic acids is 1. The number of aliphatic hydroxyl groups excluding tert-OH is 1. The lowest BCUT2D eigenvalue weighted by Crippen LogP contribution is -2.52. The standard InChI is InChI=1S/C18H26F3NO3/c1-16(2,3)8-7-13-9-12(5-6-14(13)18(19,20)21)10-22-17(4,11-23)15(24)25/h5-6,9,22-23H,7-8,10-11H2,1-4H3,(H,24,25)/t17-/m1/s1. The summed E-state index contributed by atoms with van der Waals surface area (Å²) < 4.78 is 39.6. The predicted molar refractivity (Wildman–Crippen MR) is 89.2 cm³/mol. The summed E-state index contributed by atoms with van der Waals surface area (Å²) in [6.07, 6.45) is -3.56. The van der Waals surface area contributed by atoms with E-state index in [0.29, 0.717) is 12.0 Å². The highest BCUT2D eigenvalue weighted by Crippen LogP contribution is 2.34. The number of rotatable bonds is 7. The number of hydrogen-bond donors (Lipinski definition) is 3. The van der Waals surface area contributed by atoms with Crippen molar-refractivity contribution in [3.8, 4) is 0 Å². The molecule has 0 saturated heterocycles. The first-order valence-corrected chi connectivity index (χ1v) is 8.07. The number of aryl methyl sites for hydroxylation is 1. The fourth-order valence-electron chi connectivity index (χ4n) is 2.25. The van der Waals surface area contributed by atoms with Crippen molar-refractivity contribution in [2.45, 2.75) is 58.8 Å². The lowest BCUT2D eigenvalue weighted by molar-refractivity contribution is -0.146. The normalized spacial score (nSPS) is 15.0. The maximum atomic E-state index is 13.2. The van der Waals surface area contributed by atoms with Crippen molar-refractivity contribution in [1.82, 2.24) is 5.32 Å². The third-order valence-corrected chi connectivity index (χ3v) is 4.09. The molecule has 3 N–H and O–H groups in total. The number of aliphatic hydroxyl groups is 1. The van der Waals surface area contributed by atoms with Gasteiger partial charge in [-0.2, -0.15) is 13.2 Å². The summed E-state index contributed by atoms with van der Waals surface area (Å²) in [6, 6.07) is 3.82. The van der Waals surface area contributed by atoms with Gasteiger partial charge in [-0.3, -0.25) is 10.1 Å². The van der Waals surface area contributed by atoms with E-state index >= 15 is 0 Å². The Labute approximate surface area is 146 Å². The van der Waals surface area contributed by atoms with Crippen LogP contribution in [0.4, 0.5) is 13.2 Å². The van der Waals surface area contributed by atoms with Crippen LogP contribution in [-0.4, -0.2) is 28.3 Å². The average Bonchev–Trinajstić information content (AvgIpc) is 2.48. The number of hydrogen-bond acceptors (Lipinski definition) is 3. The molecular formula is C18H26F3NO3. The second kappa shape index (κ2) is 7.74. The van der Waals surface area contributed by atoms with Crippen LogP contribution in [0.1, 0.15) is 50.8 Å². The van der Waals surface area contributed by atoms with Gasteiger partial charge in [0.2, 0.25) is 0 Å². The van der Waals surface area contributed by atoms with Crippen molar-refractivity contribution < 1.29 is 28.2 Å². The molecule has 0 amide bonds. The third kappa shape index (κ3) is 6.32. The highest BCUT2D eigenvalue weighted by molar-refractivity contribution is 5.78. The number of halogens is 3. The summed E-state index contributed by atoms with van der Waals surface area (Å²) in [5.41, 5.74) is -1.58. The monoisotopic (exact) mass is 361 g/mol. The quantitative estimate of drug-likeness (QED) is 0.694. The van der Waals surface area contributed by atoms with Crippen LogP contribution in [-0.2, 0) is 23.9 Å². The van der Waals surface area contributed by atoms with E-state index in [2.05, 4.69) is 5.32 Å². The summed E-state index contributed by atoms with van der Waals surface area (Å²) in [6.45, 7) is 6.63. The average molecular weight is 361 g/mol. The second-order valence-corrected chi connectivity index (χ2v) is 7.70. The van der Waals surface area contributed by atoms with Gasteiger partial charge >= 0.3 is 12.1 Å². The Morgan fingerprint density at radius 2 is 1.76 bits per heavy atom. The Morgan fingerprint density at radius 1 is 1.16 bits per heavy atom. The van der Waals surface area contributed by atoms with Gasteiger partial charge in [-0.15, -0.1) is 0 Å². The zero-order chi connectivity index (χ0) is 19.5. The Balaban J connectivity index is 3.05. The smallest absolute Gasteiger partial charge is 0.416 e. The van der Waals surface area contributed by atoms with Crippen LogP contribution >= 0.6 is 0 Å². The molecule has 7 heteroatoms. The highest BCUT2D eigenvalue weighted by Gasteiger charge is 2.34. The summed E-state index contributed by atoms with van der Waals surface area (Å²) in [4.78, 5) is 11.2. The summed E-state index contributed by atoms with van der Waals surface area (Å²) in [5, 5.41) is 21.0. The van der Waals surface area contributed by atoms with Crippen LogP contribution in [0.5, 0.6) is 0 Å². The Morgan fingerprint density at radius 3 is 2.20 bits per heavy atom. The number of carboxylic acid groups (broad SMARTS) is 1. The molecule has 0 bridgehead atoms. The van der Waals surface area contributed by atoms with Crippen molar-refractivity contribution >= 4 is 5.97 Å². The van der Waals surface area contributed by atoms with Crippen molar-refractivity contribution in [3.63, 3.8) is 0 Å². The first-order valence-electron chi connectivity index (χ1n) is 8.07. The van der Waals surface area contributed by atoms with E-state index in [1.807, 2.05) is 20.8 Å². The van der Waals surface area contributed by atoms with Crippen molar-refractivity contribution in [3.05, 3.63) is 34.9 Å². The lowest BCUT2D eigenvalue weighted by Gasteiger charge is -2.24. The third-order valence-electron chi connectivity index (χ3n) is 4.09. The van der Waals surface area contributed by atoms with Crippen molar-refractivity contribution in [2.75, 3.05) is 6.61 Å². The van der Waals surface area contributed by atoms with Gasteiger partial charge in [0.1, 0.15) is 5.54 Å². The molecule has 0 radical (unpaired) electrons. The van der Waals surface area contributed by atoms with Gasteiger partial charge in [-0.25, -0.2) is 0 Å². The van der Waals surface area contributed by atoms with Crippen LogP contribution in [0, 0.1) is 5.41 Å². The molecule has 0 heterocycles. The van der Waals surface area contributed by atoms with E-state index in [-0.39, 0.29) is 23.9 Å². The second-order valence-electron chi connectivity index (χ2n) is 7.70. The fourth-order valence-corrected chi connectivity index (χ4v) is 2.25. The van der Waals surface area contributed by atoms with Crippen LogP contribution < -0.4 is 5.32 Å². The van der Waals surface area contributed by atoms with E-state index < -0.39 is 29.9 Å². The predicted octanol–water partition coefficient (Wildman–Crippen LogP) is 3.61. The highest BCUT2D eigenvalue weighted by atomic mass is 19.4. The number of aliphatic carboxylic acids is 1. The van der Waals surface area contributed by atoms with Crippen LogP contribution in [0.15, 0.2) is 18.2 Å². The molecule has 0 aliphatic heterocycles. The van der Waals surface area contributed by atoms with Gasteiger partial charge in [0, 0.05) is 6.54 Å². The summed E-state index contributed by atoms with van der Waals surface area (Å²) >= 11 is 0. The molecule has 0 spiro atoms. The number of nitrogens with one attached hydrogen (secondary N) is 1. The van der Waals surface area contributed by atoms with E-state index in [1.165, 1.54) is 19.1 Å². The largest absolute Gasteiger partial charge is 0.480 e. The molecule has 0 unspecified atom stereocenters. The molecule has 1 aromatic rings. The number of benzene rings is 1. The molecule has 142 valence electrons. The van der Waals surface area contributed by atoms with Gasteiger partial charge in [0.05, 0.1) is 12.2 Å². The zero-order valence-electron chi connectivity index (χ0n) is 15.0. The number of carbonyl (C=O) groups is 1. The molecule has 0 saturated carbocycles. The molecule has 25 heavy (non-hydrogen) atoms. The lowest BCUT2D eigenvalue weighted by atomic mass is 9.87. The Bertz CT molecular complexity index is 609. The molecular weight excluding hydrogens is 335 g/mol. The first kappa shape index (κ1) is 21.4. The van der Waals surface area contributed by atoms with Crippen molar-refractivity contribution in [2.24, 2.45) is 5.41 Å². The van der Waals surface area contributed by atoms with Crippen LogP contribution in [0.25, 0.3) is 0 Å². The van der Waals surface area contributed by atoms with Gasteiger partial charge in [0.25, 0.3) is 0 Å². The molecule has 0 aromatic heterocycles. The molecule has 0 aliphatic rings. The van der Waals surface area contributed by atoms with E-state index in [9.17, 15) is 23.1 Å². The Hall–Kier alpha value is -1.60. The maximum Gasteiger partial charge on any atom is 0.416 e. The minimum absolute atomic E-state index is 0.0456. The minimum Gasteiger partial charge on any atom is -0.480 e. The molecule has 1 rings (SSSR count). The topological polar surface area (TPSA) is 69.6 Å². The van der Waals surface area contributed by atoms with Crippen molar-refractivity contribution in [1.29, 1.82) is 0 Å². The SMILES string of the molecule is CC(C)(C)CCc1cc(CN[C@](C)(CO)C(=O)O)ccc1C(F)(F)F. The number of alkyl halides is 3. The molecule has 0 aliphatic carbocycles. The molecule has 4 nitrogen and oxygen atoms in total. The fraction of sp³-hybridized carbons (Fsp3) is 0.611. The van der Waals surface area contributed by atoms with Gasteiger partial charge < -0.3 is 10.2 Å². The molecule has 1 atom stereocenters. The zero-order valence-corrected chi connectivity index (χ0v) is 15.0. The van der Waals surface area contributed by atoms with Crippen LogP contribution in [0.3, 0.4) is 0 Å². The summed E-state index contributed by atoms with van der Waals surface area (Å²) in [5.74, 6) is -1.23. The van der Waals surface area contributed by atoms with Gasteiger partial charge in [-0.05, 0) is 42.4 Å². The van der Waals surface area contributed by atoms with Gasteiger partial charge in [0.15, 0.2) is 0 Å². The van der Waals surface area contributed by atoms with Gasteiger partial charge in [-0.1, -0.05) is 32.9 Å². The minimum atomic E-state index is -4.43. The molecule has 1 aromatic carbocycles. The van der Waals surface area contributed by atoms with Crippen LogP contribution in [0.2, 0.25) is 0 Å².